The van der Waals surface area contributed by atoms with Crippen LogP contribution in [-0.2, 0) is 5.41 Å². The molecule has 0 N–H and O–H groups in total. The summed E-state index contributed by atoms with van der Waals surface area (Å²) in [4.78, 5) is 15.6. The lowest BCUT2D eigenvalue weighted by molar-refractivity contribution is -0.0399. The van der Waals surface area contributed by atoms with Crippen molar-refractivity contribution in [3.63, 3.8) is 0 Å². The summed E-state index contributed by atoms with van der Waals surface area (Å²) in [6.45, 7) is 0. The first-order chi connectivity index (χ1) is 26.2. The zero-order chi connectivity index (χ0) is 34.7. The molecule has 5 aliphatic carbocycles. The van der Waals surface area contributed by atoms with E-state index in [0.717, 1.165) is 51.7 Å². The number of hydrogen-bond acceptors (Lipinski definition) is 4. The molecule has 53 heavy (non-hydrogen) atoms. The topological polar surface area (TPSA) is 38.7 Å². The quantitative estimate of drug-likeness (QED) is 0.184. The SMILES string of the molecule is c1ccc(-c2nc(-c3cccc(-c4cccc5sc6ccccc6c45)c3)nc(-c3ccc4c(c3)-c3ccccc3C43C4CC5CC(C4)CC3C5)n2)cc1. The minimum atomic E-state index is 0.147. The first kappa shape index (κ1) is 30.1. The number of aromatic nitrogens is 3. The summed E-state index contributed by atoms with van der Waals surface area (Å²) in [6, 6.07) is 51.0. The average Bonchev–Trinajstić information content (AvgIpc) is 3.74. The van der Waals surface area contributed by atoms with E-state index < -0.39 is 0 Å². The Morgan fingerprint density at radius 2 is 1.02 bits per heavy atom. The fourth-order valence-electron chi connectivity index (χ4n) is 11.5. The van der Waals surface area contributed by atoms with Crippen LogP contribution in [0.15, 0.2) is 140 Å². The van der Waals surface area contributed by atoms with Crippen LogP contribution in [0.2, 0.25) is 0 Å². The van der Waals surface area contributed by atoms with E-state index in [1.54, 1.807) is 11.1 Å². The maximum atomic E-state index is 5.27. The van der Waals surface area contributed by atoms with Gasteiger partial charge in [-0.3, -0.25) is 0 Å². The second kappa shape index (κ2) is 11.3. The molecule has 0 aliphatic heterocycles. The summed E-state index contributed by atoms with van der Waals surface area (Å²) < 4.78 is 2.61. The monoisotopic (exact) mass is 699 g/mol. The Morgan fingerprint density at radius 3 is 1.83 bits per heavy atom. The lowest BCUT2D eigenvalue weighted by atomic mass is 9.43. The van der Waals surface area contributed by atoms with Crippen molar-refractivity contribution < 1.29 is 0 Å². The van der Waals surface area contributed by atoms with Crippen LogP contribution < -0.4 is 0 Å². The maximum absolute atomic E-state index is 5.27. The number of rotatable bonds is 4. The molecule has 4 bridgehead atoms. The van der Waals surface area contributed by atoms with E-state index in [-0.39, 0.29) is 5.41 Å². The van der Waals surface area contributed by atoms with Crippen LogP contribution in [0.25, 0.3) is 76.6 Å². The molecule has 3 nitrogen and oxygen atoms in total. The molecular weight excluding hydrogens is 663 g/mol. The van der Waals surface area contributed by atoms with E-state index in [1.807, 2.05) is 17.4 Å². The van der Waals surface area contributed by atoms with E-state index in [0.29, 0.717) is 11.6 Å². The van der Waals surface area contributed by atoms with Crippen molar-refractivity contribution in [3.05, 3.63) is 151 Å². The van der Waals surface area contributed by atoms with Gasteiger partial charge in [-0.2, -0.15) is 0 Å². The van der Waals surface area contributed by atoms with Crippen molar-refractivity contribution in [1.29, 1.82) is 0 Å². The Balaban J connectivity index is 1.02. The molecule has 5 aliphatic rings. The predicted molar refractivity (Wildman–Crippen MR) is 218 cm³/mol. The highest BCUT2D eigenvalue weighted by Crippen LogP contribution is 2.69. The van der Waals surface area contributed by atoms with Crippen molar-refractivity contribution in [2.75, 3.05) is 0 Å². The standard InChI is InChI=1S/C49H37N3S/c1-2-10-31(11-3-1)46-50-47(33-13-8-12-32(27-33)37-16-9-19-44-45(37)39-15-5-7-18-43(39)53-44)52-48(51-46)34-20-21-42-40(28-34)38-14-4-6-17-41(38)49(42)35-23-29-22-30(25-35)26-36(49)24-29/h1-21,27-30,35-36H,22-26H2. The van der Waals surface area contributed by atoms with Crippen LogP contribution in [0.1, 0.15) is 43.2 Å². The van der Waals surface area contributed by atoms with Crippen LogP contribution in [0.4, 0.5) is 0 Å². The molecular formula is C49H37N3S. The Bertz CT molecular complexity index is 2730. The van der Waals surface area contributed by atoms with E-state index >= 15 is 0 Å². The van der Waals surface area contributed by atoms with E-state index in [1.165, 1.54) is 69.0 Å². The molecule has 1 spiro atoms. The second-order valence-corrected chi connectivity index (χ2v) is 17.1. The van der Waals surface area contributed by atoms with Gasteiger partial charge in [0.15, 0.2) is 17.5 Å². The van der Waals surface area contributed by atoms with Crippen LogP contribution in [0, 0.1) is 23.7 Å². The van der Waals surface area contributed by atoms with Crippen molar-refractivity contribution >= 4 is 31.5 Å². The summed E-state index contributed by atoms with van der Waals surface area (Å²) in [7, 11) is 0. The maximum Gasteiger partial charge on any atom is 0.164 e. The molecule has 6 aromatic carbocycles. The highest BCUT2D eigenvalue weighted by molar-refractivity contribution is 7.25. The van der Waals surface area contributed by atoms with Gasteiger partial charge >= 0.3 is 0 Å². The molecule has 0 unspecified atom stereocenters. The number of hydrogen-bond donors (Lipinski definition) is 0. The first-order valence-electron chi connectivity index (χ1n) is 19.3. The van der Waals surface area contributed by atoms with E-state index in [4.69, 9.17) is 15.0 Å². The summed E-state index contributed by atoms with van der Waals surface area (Å²) in [5.74, 6) is 5.44. The van der Waals surface area contributed by atoms with Crippen molar-refractivity contribution in [1.82, 2.24) is 15.0 Å². The lowest BCUT2D eigenvalue weighted by Gasteiger charge is -2.61. The van der Waals surface area contributed by atoms with Crippen molar-refractivity contribution in [3.8, 4) is 56.4 Å². The summed E-state index contributed by atoms with van der Waals surface area (Å²) in [5, 5.41) is 2.61. The highest BCUT2D eigenvalue weighted by atomic mass is 32.1. The molecule has 4 heteroatoms. The number of benzene rings is 6. The van der Waals surface area contributed by atoms with Gasteiger partial charge in [0.2, 0.25) is 0 Å². The van der Waals surface area contributed by atoms with Gasteiger partial charge in [-0.15, -0.1) is 11.3 Å². The van der Waals surface area contributed by atoms with Crippen LogP contribution in [-0.4, -0.2) is 15.0 Å². The highest BCUT2D eigenvalue weighted by Gasteiger charge is 2.61. The zero-order valence-corrected chi connectivity index (χ0v) is 30.2. The second-order valence-electron chi connectivity index (χ2n) is 16.0. The van der Waals surface area contributed by atoms with E-state index in [2.05, 4.69) is 133 Å². The molecule has 0 radical (unpaired) electrons. The number of nitrogens with zero attached hydrogens (tertiary/aromatic N) is 3. The van der Waals surface area contributed by atoms with Gasteiger partial charge in [0.05, 0.1) is 0 Å². The van der Waals surface area contributed by atoms with Gasteiger partial charge in [-0.05, 0) is 113 Å². The molecule has 254 valence electrons. The van der Waals surface area contributed by atoms with Gasteiger partial charge in [0, 0.05) is 42.3 Å². The molecule has 0 atom stereocenters. The summed E-state index contributed by atoms with van der Waals surface area (Å²) in [5.41, 5.74) is 11.5. The van der Waals surface area contributed by atoms with Gasteiger partial charge in [-0.25, -0.2) is 15.0 Å². The third kappa shape index (κ3) is 4.36. The average molecular weight is 700 g/mol. The summed E-state index contributed by atoms with van der Waals surface area (Å²) >= 11 is 1.86. The predicted octanol–water partition coefficient (Wildman–Crippen LogP) is 12.6. The Hall–Kier alpha value is -5.45. The van der Waals surface area contributed by atoms with Gasteiger partial charge < -0.3 is 0 Å². The zero-order valence-electron chi connectivity index (χ0n) is 29.4. The molecule has 4 fully saturated rings. The van der Waals surface area contributed by atoms with E-state index in [9.17, 15) is 0 Å². The Morgan fingerprint density at radius 1 is 0.434 bits per heavy atom. The molecule has 2 aromatic heterocycles. The third-order valence-electron chi connectivity index (χ3n) is 13.3. The molecule has 4 saturated carbocycles. The van der Waals surface area contributed by atoms with Crippen molar-refractivity contribution in [2.24, 2.45) is 23.7 Å². The minimum Gasteiger partial charge on any atom is -0.208 e. The molecule has 8 aromatic rings. The number of fused-ring (bicyclic) bond motifs is 6. The van der Waals surface area contributed by atoms with Gasteiger partial charge in [0.1, 0.15) is 0 Å². The van der Waals surface area contributed by atoms with Crippen molar-refractivity contribution in [2.45, 2.75) is 37.5 Å². The minimum absolute atomic E-state index is 0.147. The fraction of sp³-hybridized carbons (Fsp3) is 0.204. The Labute approximate surface area is 313 Å². The largest absolute Gasteiger partial charge is 0.208 e. The fourth-order valence-corrected chi connectivity index (χ4v) is 12.6. The normalized spacial score (nSPS) is 23.5. The third-order valence-corrected chi connectivity index (χ3v) is 14.5. The molecule has 13 rings (SSSR count). The molecule has 0 saturated heterocycles. The van der Waals surface area contributed by atoms with Gasteiger partial charge in [-0.1, -0.05) is 115 Å². The molecule has 2 heterocycles. The van der Waals surface area contributed by atoms with Crippen LogP contribution >= 0.6 is 11.3 Å². The summed E-state index contributed by atoms with van der Waals surface area (Å²) in [6.07, 6.45) is 7.00. The van der Waals surface area contributed by atoms with Crippen LogP contribution in [0.3, 0.4) is 0 Å². The molecule has 0 amide bonds. The van der Waals surface area contributed by atoms with Gasteiger partial charge in [0.25, 0.3) is 0 Å². The Kier molecular flexibility index (Phi) is 6.39. The first-order valence-corrected chi connectivity index (χ1v) is 20.1. The number of thiophene rings is 1. The van der Waals surface area contributed by atoms with Crippen LogP contribution in [0.5, 0.6) is 0 Å². The lowest BCUT2D eigenvalue weighted by Crippen LogP contribution is -2.55. The smallest absolute Gasteiger partial charge is 0.164 e.